The molecule has 2 aliphatic rings. The lowest BCUT2D eigenvalue weighted by atomic mass is 10.0. The van der Waals surface area contributed by atoms with Gasteiger partial charge < -0.3 is 15.0 Å². The Morgan fingerprint density at radius 3 is 2.50 bits per heavy atom. The monoisotopic (exact) mass is 331 g/mol. The molecule has 0 aromatic heterocycles. The molecule has 0 unspecified atom stereocenters. The maximum absolute atomic E-state index is 12.0. The maximum atomic E-state index is 12.0. The molecule has 0 spiro atoms. The highest BCUT2D eigenvalue weighted by Gasteiger charge is 2.26. The number of nitrogens with zero attached hydrogens (tertiary/aromatic N) is 2. The molecule has 24 heavy (non-hydrogen) atoms. The Bertz CT molecular complexity index is 495. The zero-order chi connectivity index (χ0) is 16.6. The Kier molecular flexibility index (Phi) is 6.49. The van der Waals surface area contributed by atoms with E-state index in [9.17, 15) is 4.79 Å². The summed E-state index contributed by atoms with van der Waals surface area (Å²) in [5, 5.41) is 2.95. The average Bonchev–Trinajstić information content (AvgIpc) is 3.15. The van der Waals surface area contributed by atoms with Crippen molar-refractivity contribution < 1.29 is 9.53 Å². The summed E-state index contributed by atoms with van der Waals surface area (Å²) in [5.41, 5.74) is 0. The van der Waals surface area contributed by atoms with E-state index in [0.29, 0.717) is 19.7 Å². The van der Waals surface area contributed by atoms with Crippen molar-refractivity contribution in [3.05, 3.63) is 30.3 Å². The van der Waals surface area contributed by atoms with Crippen molar-refractivity contribution in [3.63, 3.8) is 0 Å². The molecule has 5 nitrogen and oxygen atoms in total. The number of ether oxygens (including phenoxy) is 1. The fourth-order valence-electron chi connectivity index (χ4n) is 3.68. The van der Waals surface area contributed by atoms with Crippen molar-refractivity contribution in [1.82, 2.24) is 15.1 Å². The molecular formula is C19H29N3O2. The van der Waals surface area contributed by atoms with E-state index in [2.05, 4.69) is 15.1 Å². The van der Waals surface area contributed by atoms with Gasteiger partial charge in [0.25, 0.3) is 0 Å². The molecule has 0 saturated carbocycles. The van der Waals surface area contributed by atoms with Gasteiger partial charge in [-0.2, -0.15) is 0 Å². The van der Waals surface area contributed by atoms with Crippen LogP contribution in [0, 0.1) is 0 Å². The minimum atomic E-state index is 0.103. The van der Waals surface area contributed by atoms with Crippen LogP contribution in [-0.4, -0.2) is 67.6 Å². The maximum Gasteiger partial charge on any atom is 0.234 e. The Hall–Kier alpha value is -1.59. The Balaban J connectivity index is 1.27. The number of benzene rings is 1. The van der Waals surface area contributed by atoms with Crippen LogP contribution in [0.3, 0.4) is 0 Å². The molecule has 0 aliphatic carbocycles. The summed E-state index contributed by atoms with van der Waals surface area (Å²) in [4.78, 5) is 17.0. The molecule has 1 aromatic carbocycles. The van der Waals surface area contributed by atoms with Gasteiger partial charge in [0.1, 0.15) is 12.4 Å². The van der Waals surface area contributed by atoms with Crippen LogP contribution < -0.4 is 10.1 Å². The van der Waals surface area contributed by atoms with Crippen LogP contribution in [0.15, 0.2) is 30.3 Å². The fourth-order valence-corrected chi connectivity index (χ4v) is 3.68. The zero-order valence-electron chi connectivity index (χ0n) is 14.5. The number of likely N-dealkylation sites (tertiary alicyclic amines) is 2. The third-order valence-corrected chi connectivity index (χ3v) is 5.02. The van der Waals surface area contributed by atoms with Crippen LogP contribution >= 0.6 is 0 Å². The Morgan fingerprint density at radius 2 is 1.79 bits per heavy atom. The Labute approximate surface area is 145 Å². The predicted octanol–water partition coefficient (Wildman–Crippen LogP) is 1.74. The highest BCUT2D eigenvalue weighted by Crippen LogP contribution is 2.20. The van der Waals surface area contributed by atoms with Gasteiger partial charge >= 0.3 is 0 Å². The standard InChI is InChI=1S/C19H29N3O2/c23-19(20-10-15-24-18-6-2-1-3-7-18)16-21-13-8-17(9-14-21)22-11-4-5-12-22/h1-3,6-7,17H,4-5,8-16H2,(H,20,23). The second-order valence-electron chi connectivity index (χ2n) is 6.76. The van der Waals surface area contributed by atoms with Crippen molar-refractivity contribution in [2.45, 2.75) is 31.7 Å². The second-order valence-corrected chi connectivity index (χ2v) is 6.76. The van der Waals surface area contributed by atoms with E-state index >= 15 is 0 Å². The van der Waals surface area contributed by atoms with Crippen LogP contribution in [0.5, 0.6) is 5.75 Å². The lowest BCUT2D eigenvalue weighted by Gasteiger charge is -2.36. The molecule has 3 rings (SSSR count). The molecule has 0 atom stereocenters. The minimum absolute atomic E-state index is 0.103. The summed E-state index contributed by atoms with van der Waals surface area (Å²) < 4.78 is 5.58. The fraction of sp³-hybridized carbons (Fsp3) is 0.632. The number of hydrogen-bond acceptors (Lipinski definition) is 4. The summed E-state index contributed by atoms with van der Waals surface area (Å²) in [6, 6.07) is 10.4. The topological polar surface area (TPSA) is 44.8 Å². The van der Waals surface area contributed by atoms with Gasteiger partial charge in [-0.05, 0) is 50.9 Å². The van der Waals surface area contributed by atoms with Crippen molar-refractivity contribution in [2.75, 3.05) is 45.9 Å². The quantitative estimate of drug-likeness (QED) is 0.773. The number of rotatable bonds is 7. The van der Waals surface area contributed by atoms with Gasteiger partial charge in [0.05, 0.1) is 13.1 Å². The molecule has 1 amide bonds. The van der Waals surface area contributed by atoms with E-state index in [4.69, 9.17) is 4.74 Å². The number of amides is 1. The van der Waals surface area contributed by atoms with Gasteiger partial charge in [0.2, 0.25) is 5.91 Å². The number of hydrogen-bond donors (Lipinski definition) is 1. The molecule has 0 bridgehead atoms. The molecule has 132 valence electrons. The third kappa shape index (κ3) is 5.21. The van der Waals surface area contributed by atoms with Gasteiger partial charge in [-0.3, -0.25) is 9.69 Å². The molecular weight excluding hydrogens is 302 g/mol. The van der Waals surface area contributed by atoms with Crippen LogP contribution in [-0.2, 0) is 4.79 Å². The van der Waals surface area contributed by atoms with Gasteiger partial charge in [0, 0.05) is 19.1 Å². The van der Waals surface area contributed by atoms with Crippen molar-refractivity contribution in [2.24, 2.45) is 0 Å². The largest absolute Gasteiger partial charge is 0.492 e. The van der Waals surface area contributed by atoms with Crippen molar-refractivity contribution in [3.8, 4) is 5.75 Å². The molecule has 2 heterocycles. The number of carbonyl (C=O) groups excluding carboxylic acids is 1. The summed E-state index contributed by atoms with van der Waals surface area (Å²) in [5.74, 6) is 0.946. The number of piperidine rings is 1. The van der Waals surface area contributed by atoms with E-state index in [0.717, 1.165) is 24.9 Å². The van der Waals surface area contributed by atoms with E-state index in [1.807, 2.05) is 30.3 Å². The molecule has 2 aliphatic heterocycles. The summed E-state index contributed by atoms with van der Waals surface area (Å²) >= 11 is 0. The molecule has 2 saturated heterocycles. The molecule has 5 heteroatoms. The molecule has 1 N–H and O–H groups in total. The number of para-hydroxylation sites is 1. The SMILES string of the molecule is O=C(CN1CCC(N2CCCC2)CC1)NCCOc1ccccc1. The van der Waals surface area contributed by atoms with Crippen LogP contribution in [0.25, 0.3) is 0 Å². The summed E-state index contributed by atoms with van der Waals surface area (Å²) in [7, 11) is 0. The van der Waals surface area contributed by atoms with Crippen LogP contribution in [0.4, 0.5) is 0 Å². The summed E-state index contributed by atoms with van der Waals surface area (Å²) in [6.45, 7) is 6.19. The first-order valence-corrected chi connectivity index (χ1v) is 9.22. The van der Waals surface area contributed by atoms with Crippen LogP contribution in [0.2, 0.25) is 0 Å². The first-order chi connectivity index (χ1) is 11.8. The van der Waals surface area contributed by atoms with Gasteiger partial charge in [-0.15, -0.1) is 0 Å². The average molecular weight is 331 g/mol. The highest BCUT2D eigenvalue weighted by molar-refractivity contribution is 5.78. The van der Waals surface area contributed by atoms with E-state index < -0.39 is 0 Å². The van der Waals surface area contributed by atoms with E-state index in [1.54, 1.807) is 0 Å². The molecule has 2 fully saturated rings. The predicted molar refractivity (Wildman–Crippen MR) is 95.2 cm³/mol. The normalized spacial score (nSPS) is 20.2. The van der Waals surface area contributed by atoms with Crippen molar-refractivity contribution >= 4 is 5.91 Å². The lowest BCUT2D eigenvalue weighted by Crippen LogP contribution is -2.47. The first-order valence-electron chi connectivity index (χ1n) is 9.22. The Morgan fingerprint density at radius 1 is 1.08 bits per heavy atom. The second kappa shape index (κ2) is 9.04. The number of nitrogens with one attached hydrogen (secondary N) is 1. The van der Waals surface area contributed by atoms with E-state index in [1.165, 1.54) is 38.8 Å². The van der Waals surface area contributed by atoms with Gasteiger partial charge in [-0.1, -0.05) is 18.2 Å². The number of carbonyl (C=O) groups is 1. The van der Waals surface area contributed by atoms with Crippen LogP contribution in [0.1, 0.15) is 25.7 Å². The van der Waals surface area contributed by atoms with Gasteiger partial charge in [0.15, 0.2) is 0 Å². The van der Waals surface area contributed by atoms with E-state index in [-0.39, 0.29) is 5.91 Å². The lowest BCUT2D eigenvalue weighted by molar-refractivity contribution is -0.122. The zero-order valence-corrected chi connectivity index (χ0v) is 14.5. The highest BCUT2D eigenvalue weighted by atomic mass is 16.5. The first kappa shape index (κ1) is 17.2. The minimum Gasteiger partial charge on any atom is -0.492 e. The molecule has 1 aromatic rings. The molecule has 0 radical (unpaired) electrons. The smallest absolute Gasteiger partial charge is 0.234 e. The third-order valence-electron chi connectivity index (χ3n) is 5.02. The van der Waals surface area contributed by atoms with Gasteiger partial charge in [-0.25, -0.2) is 0 Å². The van der Waals surface area contributed by atoms with Crippen molar-refractivity contribution in [1.29, 1.82) is 0 Å². The summed E-state index contributed by atoms with van der Waals surface area (Å²) in [6.07, 6.45) is 5.11.